The fourth-order valence-corrected chi connectivity index (χ4v) is 1.51. The van der Waals surface area contributed by atoms with E-state index in [4.69, 9.17) is 17.3 Å². The van der Waals surface area contributed by atoms with Crippen LogP contribution in [0.4, 0.5) is 13.2 Å². The average molecular weight is 236 g/mol. The molecule has 0 unspecified atom stereocenters. The molecule has 5 heteroatoms. The number of benzene rings is 1. The molecule has 1 nitrogen and oxygen atoms in total. The highest BCUT2D eigenvalue weighted by molar-refractivity contribution is 6.32. The van der Waals surface area contributed by atoms with E-state index in [1.54, 1.807) is 0 Å². The van der Waals surface area contributed by atoms with Gasteiger partial charge in [-0.25, -0.2) is 0 Å². The van der Waals surface area contributed by atoms with Gasteiger partial charge in [-0.15, -0.1) is 6.58 Å². The number of alkyl halides is 3. The first kappa shape index (κ1) is 12.1. The van der Waals surface area contributed by atoms with Crippen molar-refractivity contribution in [1.29, 1.82) is 0 Å². The SMILES string of the molecule is C=C[C@H](N)c1cccc(C(F)(F)F)c1Cl. The third-order valence-electron chi connectivity index (χ3n) is 1.95. The van der Waals surface area contributed by atoms with E-state index in [1.165, 1.54) is 18.2 Å². The third kappa shape index (κ3) is 2.52. The van der Waals surface area contributed by atoms with Crippen LogP contribution in [0.1, 0.15) is 17.2 Å². The first-order chi connectivity index (χ1) is 6.88. The topological polar surface area (TPSA) is 26.0 Å². The Morgan fingerprint density at radius 1 is 1.40 bits per heavy atom. The van der Waals surface area contributed by atoms with Crippen LogP contribution in [0.3, 0.4) is 0 Å². The molecule has 2 N–H and O–H groups in total. The van der Waals surface area contributed by atoms with Crippen molar-refractivity contribution in [2.45, 2.75) is 12.2 Å². The lowest BCUT2D eigenvalue weighted by Crippen LogP contribution is -2.12. The second-order valence-electron chi connectivity index (χ2n) is 2.97. The van der Waals surface area contributed by atoms with Gasteiger partial charge in [-0.3, -0.25) is 0 Å². The molecule has 0 saturated carbocycles. The molecule has 1 rings (SSSR count). The van der Waals surface area contributed by atoms with Crippen LogP contribution in [0.15, 0.2) is 30.9 Å². The van der Waals surface area contributed by atoms with Crippen molar-refractivity contribution < 1.29 is 13.2 Å². The van der Waals surface area contributed by atoms with Crippen molar-refractivity contribution in [3.05, 3.63) is 47.0 Å². The maximum Gasteiger partial charge on any atom is 0.417 e. The lowest BCUT2D eigenvalue weighted by Gasteiger charge is -2.14. The molecule has 1 aromatic rings. The van der Waals surface area contributed by atoms with Crippen molar-refractivity contribution >= 4 is 11.6 Å². The van der Waals surface area contributed by atoms with E-state index in [0.29, 0.717) is 0 Å². The van der Waals surface area contributed by atoms with Gasteiger partial charge < -0.3 is 5.73 Å². The van der Waals surface area contributed by atoms with Crippen LogP contribution in [0.5, 0.6) is 0 Å². The Hall–Kier alpha value is -1.00. The Kier molecular flexibility index (Phi) is 3.42. The third-order valence-corrected chi connectivity index (χ3v) is 2.37. The largest absolute Gasteiger partial charge is 0.417 e. The number of hydrogen-bond donors (Lipinski definition) is 1. The van der Waals surface area contributed by atoms with Gasteiger partial charge in [0.15, 0.2) is 0 Å². The van der Waals surface area contributed by atoms with Crippen molar-refractivity contribution in [2.24, 2.45) is 5.73 Å². The molecule has 0 aliphatic rings. The molecule has 0 aliphatic carbocycles. The summed E-state index contributed by atoms with van der Waals surface area (Å²) in [6.07, 6.45) is -3.13. The highest BCUT2D eigenvalue weighted by atomic mass is 35.5. The average Bonchev–Trinajstić information content (AvgIpc) is 2.15. The zero-order valence-electron chi connectivity index (χ0n) is 7.68. The first-order valence-electron chi connectivity index (χ1n) is 4.11. The van der Waals surface area contributed by atoms with E-state index in [0.717, 1.165) is 6.07 Å². The summed E-state index contributed by atoms with van der Waals surface area (Å²) < 4.78 is 37.3. The molecular weight excluding hydrogens is 227 g/mol. The number of hydrogen-bond acceptors (Lipinski definition) is 1. The van der Waals surface area contributed by atoms with E-state index in [2.05, 4.69) is 6.58 Å². The fraction of sp³-hybridized carbons (Fsp3) is 0.200. The molecule has 0 radical (unpaired) electrons. The minimum atomic E-state index is -4.46. The van der Waals surface area contributed by atoms with E-state index in [1.807, 2.05) is 0 Å². The second-order valence-corrected chi connectivity index (χ2v) is 3.35. The molecular formula is C10H9ClF3N. The second kappa shape index (κ2) is 4.24. The van der Waals surface area contributed by atoms with Crippen LogP contribution >= 0.6 is 11.6 Å². The van der Waals surface area contributed by atoms with Gasteiger partial charge in [0.05, 0.1) is 10.6 Å². The van der Waals surface area contributed by atoms with Crippen molar-refractivity contribution in [1.82, 2.24) is 0 Å². The predicted octanol–water partition coefficient (Wildman–Crippen LogP) is 3.54. The first-order valence-corrected chi connectivity index (χ1v) is 4.49. The van der Waals surface area contributed by atoms with Gasteiger partial charge in [0.25, 0.3) is 0 Å². The van der Waals surface area contributed by atoms with Crippen LogP contribution in [0.25, 0.3) is 0 Å². The zero-order chi connectivity index (χ0) is 11.6. The molecule has 82 valence electrons. The van der Waals surface area contributed by atoms with Gasteiger partial charge in [0.2, 0.25) is 0 Å². The van der Waals surface area contributed by atoms with E-state index in [9.17, 15) is 13.2 Å². The lowest BCUT2D eigenvalue weighted by molar-refractivity contribution is -0.137. The molecule has 0 fully saturated rings. The molecule has 1 aromatic carbocycles. The van der Waals surface area contributed by atoms with E-state index >= 15 is 0 Å². The molecule has 1 atom stereocenters. The predicted molar refractivity (Wildman–Crippen MR) is 53.6 cm³/mol. The number of halogens is 4. The Labute approximate surface area is 90.3 Å². The highest BCUT2D eigenvalue weighted by Crippen LogP contribution is 2.37. The summed E-state index contributed by atoms with van der Waals surface area (Å²) in [6.45, 7) is 3.41. The highest BCUT2D eigenvalue weighted by Gasteiger charge is 2.34. The summed E-state index contributed by atoms with van der Waals surface area (Å²) in [5.74, 6) is 0. The van der Waals surface area contributed by atoms with Crippen LogP contribution in [0.2, 0.25) is 5.02 Å². The van der Waals surface area contributed by atoms with Crippen molar-refractivity contribution in [3.63, 3.8) is 0 Å². The Bertz CT molecular complexity index is 373. The molecule has 0 aromatic heterocycles. The van der Waals surface area contributed by atoms with Gasteiger partial charge in [-0.1, -0.05) is 29.8 Å². The van der Waals surface area contributed by atoms with Crippen molar-refractivity contribution in [2.75, 3.05) is 0 Å². The summed E-state index contributed by atoms with van der Waals surface area (Å²) >= 11 is 5.62. The van der Waals surface area contributed by atoms with Crippen LogP contribution in [-0.4, -0.2) is 0 Å². The summed E-state index contributed by atoms with van der Waals surface area (Å²) in [7, 11) is 0. The molecule has 0 spiro atoms. The monoisotopic (exact) mass is 235 g/mol. The maximum absolute atomic E-state index is 12.4. The van der Waals surface area contributed by atoms with Crippen LogP contribution in [0, 0.1) is 0 Å². The number of nitrogens with two attached hydrogens (primary N) is 1. The van der Waals surface area contributed by atoms with E-state index < -0.39 is 17.8 Å². The van der Waals surface area contributed by atoms with Gasteiger partial charge >= 0.3 is 6.18 Å². The Balaban J connectivity index is 3.29. The minimum absolute atomic E-state index is 0.224. The molecule has 15 heavy (non-hydrogen) atoms. The molecule has 0 aliphatic heterocycles. The van der Waals surface area contributed by atoms with E-state index in [-0.39, 0.29) is 10.6 Å². The Morgan fingerprint density at radius 3 is 2.47 bits per heavy atom. The Morgan fingerprint density at radius 2 is 2.00 bits per heavy atom. The van der Waals surface area contributed by atoms with Gasteiger partial charge in [-0.05, 0) is 11.6 Å². The normalized spacial score (nSPS) is 13.7. The standard InChI is InChI=1S/C10H9ClF3N/c1-2-8(15)6-4-3-5-7(9(6)11)10(12,13)14/h2-5,8H,1,15H2/t8-/m0/s1. The smallest absolute Gasteiger partial charge is 0.321 e. The van der Waals surface area contributed by atoms with Gasteiger partial charge in [0.1, 0.15) is 0 Å². The fourth-order valence-electron chi connectivity index (χ4n) is 1.15. The van der Waals surface area contributed by atoms with Crippen LogP contribution < -0.4 is 5.73 Å². The minimum Gasteiger partial charge on any atom is -0.321 e. The summed E-state index contributed by atoms with van der Waals surface area (Å²) in [5.41, 5.74) is 4.89. The molecule has 0 amide bonds. The quantitative estimate of drug-likeness (QED) is 0.780. The molecule has 0 bridgehead atoms. The number of rotatable bonds is 2. The zero-order valence-corrected chi connectivity index (χ0v) is 8.44. The van der Waals surface area contributed by atoms with Gasteiger partial charge in [-0.2, -0.15) is 13.2 Å². The van der Waals surface area contributed by atoms with Gasteiger partial charge in [0, 0.05) is 6.04 Å². The maximum atomic E-state index is 12.4. The lowest BCUT2D eigenvalue weighted by atomic mass is 10.0. The summed E-state index contributed by atoms with van der Waals surface area (Å²) in [6, 6.07) is 2.94. The summed E-state index contributed by atoms with van der Waals surface area (Å²) in [4.78, 5) is 0. The molecule has 0 saturated heterocycles. The van der Waals surface area contributed by atoms with Crippen molar-refractivity contribution in [3.8, 4) is 0 Å². The van der Waals surface area contributed by atoms with Crippen LogP contribution in [-0.2, 0) is 6.18 Å². The summed E-state index contributed by atoms with van der Waals surface area (Å²) in [5, 5.41) is -0.364. The molecule has 0 heterocycles.